The van der Waals surface area contributed by atoms with Crippen molar-refractivity contribution in [2.75, 3.05) is 5.32 Å². The van der Waals surface area contributed by atoms with Crippen LogP contribution in [0.5, 0.6) is 0 Å². The maximum atomic E-state index is 13.2. The third-order valence-corrected chi connectivity index (χ3v) is 3.32. The van der Waals surface area contributed by atoms with E-state index in [0.29, 0.717) is 22.7 Å². The zero-order chi connectivity index (χ0) is 15.9. The number of rotatable bonds is 2. The maximum Gasteiger partial charge on any atom is 0.257 e. The van der Waals surface area contributed by atoms with E-state index < -0.39 is 17.5 Å². The maximum absolute atomic E-state index is 13.2. The highest BCUT2D eigenvalue weighted by Gasteiger charge is 2.15. The van der Waals surface area contributed by atoms with Crippen molar-refractivity contribution in [3.63, 3.8) is 0 Å². The van der Waals surface area contributed by atoms with Gasteiger partial charge < -0.3 is 9.73 Å². The summed E-state index contributed by atoms with van der Waals surface area (Å²) < 4.78 is 31.6. The molecule has 4 nitrogen and oxygen atoms in total. The zero-order valence-electron chi connectivity index (χ0n) is 11.3. The number of fused-ring (bicyclic) bond motifs is 1. The summed E-state index contributed by atoms with van der Waals surface area (Å²) in [6.07, 6.45) is 0. The van der Waals surface area contributed by atoms with Crippen molar-refractivity contribution in [1.29, 1.82) is 0 Å². The number of carbonyl (C=O) groups is 1. The fraction of sp³-hybridized carbons (Fsp3) is 0.0667. The van der Waals surface area contributed by atoms with E-state index in [1.54, 1.807) is 25.1 Å². The number of carbonyl (C=O) groups excluding carboxylic acids is 1. The molecule has 1 aromatic heterocycles. The van der Waals surface area contributed by atoms with Gasteiger partial charge in [0.2, 0.25) is 0 Å². The predicted octanol–water partition coefficient (Wildman–Crippen LogP) is 4.32. The van der Waals surface area contributed by atoms with Crippen LogP contribution in [0.15, 0.2) is 34.7 Å². The van der Waals surface area contributed by atoms with Crippen LogP contribution in [-0.2, 0) is 0 Å². The third kappa shape index (κ3) is 2.65. The summed E-state index contributed by atoms with van der Waals surface area (Å²) in [5.41, 5.74) is 1.44. The molecular weight excluding hydrogens is 314 g/mol. The van der Waals surface area contributed by atoms with Gasteiger partial charge in [0.05, 0.1) is 10.6 Å². The normalized spacial score (nSPS) is 10.9. The molecule has 22 heavy (non-hydrogen) atoms. The minimum absolute atomic E-state index is 0.156. The van der Waals surface area contributed by atoms with Crippen molar-refractivity contribution in [2.24, 2.45) is 0 Å². The number of anilines is 1. The molecule has 0 aliphatic rings. The molecule has 1 N–H and O–H groups in total. The van der Waals surface area contributed by atoms with Crippen LogP contribution in [-0.4, -0.2) is 10.9 Å². The molecular formula is C15H9ClF2N2O2. The monoisotopic (exact) mass is 322 g/mol. The highest BCUT2D eigenvalue weighted by atomic mass is 35.5. The highest BCUT2D eigenvalue weighted by Crippen LogP contribution is 2.23. The number of aryl methyl sites for hydroxylation is 1. The fourth-order valence-corrected chi connectivity index (χ4v) is 2.25. The summed E-state index contributed by atoms with van der Waals surface area (Å²) >= 11 is 5.77. The van der Waals surface area contributed by atoms with E-state index in [1.165, 1.54) is 0 Å². The minimum Gasteiger partial charge on any atom is -0.441 e. The fourth-order valence-electron chi connectivity index (χ4n) is 2.02. The Morgan fingerprint density at radius 2 is 1.95 bits per heavy atom. The number of halogens is 3. The van der Waals surface area contributed by atoms with Gasteiger partial charge >= 0.3 is 0 Å². The SMILES string of the molecule is Cc1nc2cc(NC(=O)c3cc(F)c(F)cc3Cl)ccc2o1. The molecule has 0 radical (unpaired) electrons. The molecule has 0 fully saturated rings. The second kappa shape index (κ2) is 5.38. The number of benzene rings is 2. The average Bonchev–Trinajstić information content (AvgIpc) is 2.82. The van der Waals surface area contributed by atoms with Crippen LogP contribution in [0.2, 0.25) is 5.02 Å². The lowest BCUT2D eigenvalue weighted by atomic mass is 10.2. The lowest BCUT2D eigenvalue weighted by molar-refractivity contribution is 0.102. The summed E-state index contributed by atoms with van der Waals surface area (Å²) in [6, 6.07) is 6.38. The molecule has 2 aromatic carbocycles. The van der Waals surface area contributed by atoms with Gasteiger partial charge in [-0.3, -0.25) is 4.79 Å². The topological polar surface area (TPSA) is 55.1 Å². The zero-order valence-corrected chi connectivity index (χ0v) is 12.0. The molecule has 0 saturated carbocycles. The first kappa shape index (κ1) is 14.5. The smallest absolute Gasteiger partial charge is 0.257 e. The molecule has 7 heteroatoms. The molecule has 112 valence electrons. The van der Waals surface area contributed by atoms with E-state index in [2.05, 4.69) is 10.3 Å². The lowest BCUT2D eigenvalue weighted by Crippen LogP contribution is -2.13. The average molecular weight is 323 g/mol. The molecule has 0 aliphatic carbocycles. The summed E-state index contributed by atoms with van der Waals surface area (Å²) in [5, 5.41) is 2.38. The standard InChI is InChI=1S/C15H9ClF2N2O2/c1-7-19-13-4-8(2-3-14(13)22-7)20-15(21)9-5-11(17)12(18)6-10(9)16/h2-6H,1H3,(H,20,21). The van der Waals surface area contributed by atoms with Gasteiger partial charge in [0, 0.05) is 12.6 Å². The Labute approximate surface area is 128 Å². The Balaban J connectivity index is 1.90. The first-order chi connectivity index (χ1) is 10.4. The highest BCUT2D eigenvalue weighted by molar-refractivity contribution is 6.34. The second-order valence-electron chi connectivity index (χ2n) is 4.62. The summed E-state index contributed by atoms with van der Waals surface area (Å²) in [7, 11) is 0. The third-order valence-electron chi connectivity index (χ3n) is 3.01. The van der Waals surface area contributed by atoms with Crippen molar-refractivity contribution < 1.29 is 18.0 Å². The van der Waals surface area contributed by atoms with Gasteiger partial charge in [-0.1, -0.05) is 11.6 Å². The molecule has 1 heterocycles. The van der Waals surface area contributed by atoms with Crippen LogP contribution in [0, 0.1) is 18.6 Å². The van der Waals surface area contributed by atoms with E-state index in [4.69, 9.17) is 16.0 Å². The van der Waals surface area contributed by atoms with Crippen LogP contribution in [0.3, 0.4) is 0 Å². The summed E-state index contributed by atoms with van der Waals surface area (Å²) in [6.45, 7) is 1.71. The molecule has 0 bridgehead atoms. The first-order valence-electron chi connectivity index (χ1n) is 6.27. The Hall–Kier alpha value is -2.47. The number of oxazole rings is 1. The van der Waals surface area contributed by atoms with Crippen LogP contribution in [0.25, 0.3) is 11.1 Å². The van der Waals surface area contributed by atoms with Crippen molar-refractivity contribution in [3.8, 4) is 0 Å². The van der Waals surface area contributed by atoms with Gasteiger partial charge in [0.1, 0.15) is 5.52 Å². The van der Waals surface area contributed by atoms with Crippen molar-refractivity contribution in [3.05, 3.63) is 58.4 Å². The Kier molecular flexibility index (Phi) is 3.54. The van der Waals surface area contributed by atoms with Crippen LogP contribution < -0.4 is 5.32 Å². The molecule has 3 rings (SSSR count). The van der Waals surface area contributed by atoms with E-state index in [0.717, 1.165) is 12.1 Å². The molecule has 0 atom stereocenters. The van der Waals surface area contributed by atoms with Gasteiger partial charge in [-0.05, 0) is 30.3 Å². The second-order valence-corrected chi connectivity index (χ2v) is 5.02. The molecule has 0 unspecified atom stereocenters. The molecule has 0 spiro atoms. The molecule has 1 amide bonds. The van der Waals surface area contributed by atoms with E-state index in [1.807, 2.05) is 0 Å². The van der Waals surface area contributed by atoms with Gasteiger partial charge in [-0.15, -0.1) is 0 Å². The lowest BCUT2D eigenvalue weighted by Gasteiger charge is -2.07. The number of nitrogens with one attached hydrogen (secondary N) is 1. The Morgan fingerprint density at radius 3 is 2.73 bits per heavy atom. The predicted molar refractivity (Wildman–Crippen MR) is 78.1 cm³/mol. The van der Waals surface area contributed by atoms with E-state index in [9.17, 15) is 13.6 Å². The van der Waals surface area contributed by atoms with Crippen molar-refractivity contribution in [2.45, 2.75) is 6.92 Å². The minimum atomic E-state index is -1.14. The molecule has 0 saturated heterocycles. The van der Waals surface area contributed by atoms with Crippen molar-refractivity contribution >= 4 is 34.3 Å². The van der Waals surface area contributed by atoms with Crippen LogP contribution in [0.4, 0.5) is 14.5 Å². The van der Waals surface area contributed by atoms with Gasteiger partial charge in [-0.2, -0.15) is 0 Å². The summed E-state index contributed by atoms with van der Waals surface area (Å²) in [5.74, 6) is -2.40. The van der Waals surface area contributed by atoms with Gasteiger partial charge in [0.15, 0.2) is 23.1 Å². The number of hydrogen-bond donors (Lipinski definition) is 1. The number of amides is 1. The van der Waals surface area contributed by atoms with E-state index in [-0.39, 0.29) is 10.6 Å². The number of aromatic nitrogens is 1. The largest absolute Gasteiger partial charge is 0.441 e. The molecule has 0 aliphatic heterocycles. The Morgan fingerprint density at radius 1 is 1.23 bits per heavy atom. The number of nitrogens with zero attached hydrogens (tertiary/aromatic N) is 1. The first-order valence-corrected chi connectivity index (χ1v) is 6.65. The van der Waals surface area contributed by atoms with E-state index >= 15 is 0 Å². The quantitative estimate of drug-likeness (QED) is 0.715. The molecule has 3 aromatic rings. The van der Waals surface area contributed by atoms with Gasteiger partial charge in [-0.25, -0.2) is 13.8 Å². The van der Waals surface area contributed by atoms with Gasteiger partial charge in [0.25, 0.3) is 5.91 Å². The van der Waals surface area contributed by atoms with Crippen LogP contribution >= 0.6 is 11.6 Å². The summed E-state index contributed by atoms with van der Waals surface area (Å²) in [4.78, 5) is 16.3. The Bertz CT molecular complexity index is 893. The van der Waals surface area contributed by atoms with Crippen LogP contribution in [0.1, 0.15) is 16.2 Å². The van der Waals surface area contributed by atoms with Crippen molar-refractivity contribution in [1.82, 2.24) is 4.98 Å². The number of hydrogen-bond acceptors (Lipinski definition) is 3.